The summed E-state index contributed by atoms with van der Waals surface area (Å²) in [5, 5.41) is 20.1. The summed E-state index contributed by atoms with van der Waals surface area (Å²) < 4.78 is 43.3. The van der Waals surface area contributed by atoms with Crippen molar-refractivity contribution in [1.29, 1.82) is 0 Å². The summed E-state index contributed by atoms with van der Waals surface area (Å²) in [6.45, 7) is 18.5. The van der Waals surface area contributed by atoms with Crippen molar-refractivity contribution in [3.8, 4) is 11.3 Å². The van der Waals surface area contributed by atoms with Crippen molar-refractivity contribution in [2.45, 2.75) is 101 Å². The molecule has 3 aromatic carbocycles. The summed E-state index contributed by atoms with van der Waals surface area (Å²) in [5.41, 5.74) is 3.42. The van der Waals surface area contributed by atoms with Crippen LogP contribution in [0.25, 0.3) is 42.2 Å². The first-order chi connectivity index (χ1) is 23.0. The van der Waals surface area contributed by atoms with Gasteiger partial charge in [0, 0.05) is 63.9 Å². The molecule has 5 aromatic rings. The van der Waals surface area contributed by atoms with Gasteiger partial charge in [0.1, 0.15) is 0 Å². The molecule has 1 radical (unpaired) electrons. The second-order valence-electron chi connectivity index (χ2n) is 14.2. The van der Waals surface area contributed by atoms with Gasteiger partial charge in [-0.15, -0.1) is 46.2 Å². The average molecular weight is 882 g/mol. The number of carbonyl (C=O) groups is 1. The monoisotopic (exact) mass is 882 g/mol. The van der Waals surface area contributed by atoms with E-state index in [4.69, 9.17) is 0 Å². The van der Waals surface area contributed by atoms with Crippen LogP contribution in [0.4, 0.5) is 13.2 Å². The number of hydrogen-bond donors (Lipinski definition) is 1. The maximum Gasteiger partial charge on any atom is 0.435 e. The number of rotatable bonds is 9. The van der Waals surface area contributed by atoms with Gasteiger partial charge in [0.15, 0.2) is 11.5 Å². The van der Waals surface area contributed by atoms with Gasteiger partial charge in [0.05, 0.1) is 5.76 Å². The molecule has 0 aliphatic carbocycles. The van der Waals surface area contributed by atoms with Crippen LogP contribution in [-0.2, 0) is 37.5 Å². The SMILES string of the molecule is CCC(CC)C(=O)/C=C(\O)C(CC)CC.Cc1[c-]c(-c2nnc(C(F)(F)F)c3c2sc2c4ccc(CC(C)(C)C)cc4ccc23)cc(C)c1.[Ir]. The van der Waals surface area contributed by atoms with Crippen LogP contribution in [-0.4, -0.2) is 21.1 Å². The summed E-state index contributed by atoms with van der Waals surface area (Å²) >= 11 is 1.35. The van der Waals surface area contributed by atoms with Crippen LogP contribution in [0.15, 0.2) is 54.3 Å². The van der Waals surface area contributed by atoms with E-state index < -0.39 is 11.9 Å². The van der Waals surface area contributed by atoms with Crippen LogP contribution in [0.1, 0.15) is 96.5 Å². The predicted octanol–water partition coefficient (Wildman–Crippen LogP) is 12.6. The number of alkyl halides is 3. The molecule has 0 atom stereocenters. The van der Waals surface area contributed by atoms with Crippen molar-refractivity contribution in [1.82, 2.24) is 10.2 Å². The van der Waals surface area contributed by atoms with Crippen molar-refractivity contribution >= 4 is 48.1 Å². The fraction of sp³-hybridized carbons (Fsp3) is 0.439. The van der Waals surface area contributed by atoms with E-state index in [1.54, 1.807) is 6.07 Å². The Labute approximate surface area is 311 Å². The molecule has 0 bridgehead atoms. The Morgan fingerprint density at radius 2 is 1.50 bits per heavy atom. The average Bonchev–Trinajstić information content (AvgIpc) is 3.40. The van der Waals surface area contributed by atoms with Crippen molar-refractivity contribution in [3.05, 3.63) is 82.8 Å². The molecule has 0 fully saturated rings. The summed E-state index contributed by atoms with van der Waals surface area (Å²) in [6, 6.07) is 17.1. The third kappa shape index (κ3) is 9.59. The molecular weight excluding hydrogens is 834 g/mol. The zero-order chi connectivity index (χ0) is 36.3. The molecule has 2 aromatic heterocycles. The van der Waals surface area contributed by atoms with Crippen molar-refractivity contribution in [2.75, 3.05) is 0 Å². The van der Waals surface area contributed by atoms with E-state index in [0.29, 0.717) is 21.3 Å². The maximum atomic E-state index is 14.0. The number of fused-ring (bicyclic) bond motifs is 5. The van der Waals surface area contributed by atoms with Crippen molar-refractivity contribution < 1.29 is 43.2 Å². The molecule has 271 valence electrons. The van der Waals surface area contributed by atoms with E-state index in [1.165, 1.54) is 23.0 Å². The number of benzene rings is 3. The largest absolute Gasteiger partial charge is 0.512 e. The second-order valence-corrected chi connectivity index (χ2v) is 15.2. The van der Waals surface area contributed by atoms with Gasteiger partial charge in [0.2, 0.25) is 0 Å². The van der Waals surface area contributed by atoms with E-state index >= 15 is 0 Å². The number of hydrogen-bond acceptors (Lipinski definition) is 5. The van der Waals surface area contributed by atoms with Gasteiger partial charge in [-0.2, -0.15) is 23.4 Å². The summed E-state index contributed by atoms with van der Waals surface area (Å²) in [6.07, 6.45) is 1.23. The van der Waals surface area contributed by atoms with Gasteiger partial charge >= 0.3 is 6.18 Å². The van der Waals surface area contributed by atoms with Crippen LogP contribution < -0.4 is 0 Å². The van der Waals surface area contributed by atoms with Crippen LogP contribution in [0.2, 0.25) is 0 Å². The number of aliphatic hydroxyl groups excluding tert-OH is 1. The number of thiophene rings is 1. The van der Waals surface area contributed by atoms with Gasteiger partial charge in [-0.25, -0.2) is 0 Å². The number of aromatic nitrogens is 2. The van der Waals surface area contributed by atoms with E-state index in [1.807, 2.05) is 65.8 Å². The first-order valence-electron chi connectivity index (χ1n) is 17.2. The number of nitrogens with zero attached hydrogens (tertiary/aromatic N) is 2. The van der Waals surface area contributed by atoms with E-state index in [9.17, 15) is 23.1 Å². The molecule has 9 heteroatoms. The third-order valence-electron chi connectivity index (χ3n) is 8.93. The number of ketones is 1. The van der Waals surface area contributed by atoms with Gasteiger partial charge in [-0.1, -0.05) is 92.6 Å². The number of aryl methyl sites for hydroxylation is 2. The molecule has 0 saturated carbocycles. The van der Waals surface area contributed by atoms with Crippen molar-refractivity contribution in [2.24, 2.45) is 17.3 Å². The predicted molar refractivity (Wildman–Crippen MR) is 198 cm³/mol. The normalized spacial score (nSPS) is 12.5. The van der Waals surface area contributed by atoms with Gasteiger partial charge in [-0.3, -0.25) is 4.79 Å². The molecular formula is C41H48F3IrN2O2S-. The number of aliphatic hydroxyl groups is 1. The van der Waals surface area contributed by atoms with Crippen molar-refractivity contribution in [3.63, 3.8) is 0 Å². The minimum atomic E-state index is -4.60. The second kappa shape index (κ2) is 16.9. The molecule has 1 N–H and O–H groups in total. The number of carbonyl (C=O) groups excluding carboxylic acids is 1. The summed E-state index contributed by atoms with van der Waals surface area (Å²) in [5.74, 6) is 0.547. The van der Waals surface area contributed by atoms with Crippen LogP contribution in [0, 0.1) is 37.2 Å². The molecule has 0 aliphatic heterocycles. The Morgan fingerprint density at radius 1 is 0.880 bits per heavy atom. The Balaban J connectivity index is 0.000000361. The van der Waals surface area contributed by atoms with Gasteiger partial charge in [0.25, 0.3) is 0 Å². The van der Waals surface area contributed by atoms with Crippen LogP contribution in [0.5, 0.6) is 0 Å². The van der Waals surface area contributed by atoms with Crippen LogP contribution in [0.3, 0.4) is 0 Å². The molecule has 0 amide bonds. The minimum absolute atomic E-state index is 0. The van der Waals surface area contributed by atoms with E-state index in [-0.39, 0.29) is 54.3 Å². The summed E-state index contributed by atoms with van der Waals surface area (Å²) in [7, 11) is 0. The molecule has 0 spiro atoms. The zero-order valence-corrected chi connectivity index (χ0v) is 33.6. The number of halogens is 3. The van der Waals surface area contributed by atoms with Gasteiger partial charge in [-0.05, 0) is 53.9 Å². The first-order valence-corrected chi connectivity index (χ1v) is 18.0. The standard InChI is InChI=1S/C28H24F3N2S.C13H24O2.Ir/c1-15-10-16(2)12-19(11-15)23-25-22(26(33-32-23)28(29,30)31)21-9-7-18-13-17(14-27(3,4)5)6-8-20(18)24(21)34-25;1-5-10(6-2)12(14)9-13(15)11(7-3)8-4;/h6-11,13H,14H2,1-5H3;9-11,14H,5-8H2,1-4H3;/q-1;;/b;12-9-;. The van der Waals surface area contributed by atoms with E-state index in [0.717, 1.165) is 58.7 Å². The van der Waals surface area contributed by atoms with Gasteiger partial charge < -0.3 is 5.11 Å². The Hall–Kier alpha value is -3.13. The smallest absolute Gasteiger partial charge is 0.435 e. The molecule has 0 saturated heterocycles. The molecule has 0 unspecified atom stereocenters. The van der Waals surface area contributed by atoms with Crippen LogP contribution >= 0.6 is 11.3 Å². The topological polar surface area (TPSA) is 63.1 Å². The molecule has 4 nitrogen and oxygen atoms in total. The molecule has 0 aliphatic rings. The first kappa shape index (κ1) is 41.3. The zero-order valence-electron chi connectivity index (χ0n) is 30.4. The Bertz CT molecular complexity index is 1960. The fourth-order valence-electron chi connectivity index (χ4n) is 6.43. The molecule has 50 heavy (non-hydrogen) atoms. The molecule has 5 rings (SSSR count). The minimum Gasteiger partial charge on any atom is -0.512 e. The Morgan fingerprint density at radius 3 is 2.06 bits per heavy atom. The third-order valence-corrected chi connectivity index (χ3v) is 10.2. The maximum absolute atomic E-state index is 14.0. The quantitative estimate of drug-likeness (QED) is 0.0910. The number of allylic oxidation sites excluding steroid dienone is 2. The fourth-order valence-corrected chi connectivity index (χ4v) is 7.77. The molecule has 2 heterocycles. The Kier molecular flexibility index (Phi) is 14.0. The van der Waals surface area contributed by atoms with E-state index in [2.05, 4.69) is 49.2 Å². The summed E-state index contributed by atoms with van der Waals surface area (Å²) in [4.78, 5) is 11.7.